The van der Waals surface area contributed by atoms with Crippen LogP contribution in [0.15, 0.2) is 16.7 Å². The Balaban J connectivity index is 1.52. The summed E-state index contributed by atoms with van der Waals surface area (Å²) in [5, 5.41) is 13.3. The van der Waals surface area contributed by atoms with Crippen molar-refractivity contribution in [2.24, 2.45) is 0 Å². The van der Waals surface area contributed by atoms with Crippen LogP contribution in [0.4, 0.5) is 19.0 Å². The van der Waals surface area contributed by atoms with Gasteiger partial charge in [0.15, 0.2) is 17.2 Å². The Morgan fingerprint density at radius 3 is 2.75 bits per heavy atom. The number of aromatic nitrogens is 4. The van der Waals surface area contributed by atoms with Gasteiger partial charge in [0.05, 0.1) is 22.7 Å². The largest absolute Gasteiger partial charge is 0.417 e. The first-order valence-corrected chi connectivity index (χ1v) is 10.7. The fraction of sp³-hybridized carbons (Fsp3) is 0.524. The zero-order chi connectivity index (χ0) is 22.6. The molecule has 2 fully saturated rings. The summed E-state index contributed by atoms with van der Waals surface area (Å²) in [7, 11) is 0. The van der Waals surface area contributed by atoms with Crippen LogP contribution >= 0.6 is 0 Å². The quantitative estimate of drug-likeness (QED) is 0.590. The van der Waals surface area contributed by atoms with Crippen molar-refractivity contribution in [1.29, 1.82) is 0 Å². The van der Waals surface area contributed by atoms with Gasteiger partial charge in [0, 0.05) is 24.6 Å². The van der Waals surface area contributed by atoms with Gasteiger partial charge in [-0.25, -0.2) is 4.98 Å². The van der Waals surface area contributed by atoms with E-state index >= 15 is 0 Å². The number of carbonyl (C=O) groups excluding carboxylic acids is 1. The van der Waals surface area contributed by atoms with E-state index in [9.17, 15) is 18.0 Å². The highest BCUT2D eigenvalue weighted by Crippen LogP contribution is 2.42. The van der Waals surface area contributed by atoms with Gasteiger partial charge in [-0.05, 0) is 45.6 Å². The number of rotatable bonds is 5. The fourth-order valence-electron chi connectivity index (χ4n) is 4.24. The van der Waals surface area contributed by atoms with Crippen LogP contribution in [0.3, 0.4) is 0 Å². The first-order valence-electron chi connectivity index (χ1n) is 10.7. The Morgan fingerprint density at radius 2 is 2.06 bits per heavy atom. The Hall–Kier alpha value is -3.11. The summed E-state index contributed by atoms with van der Waals surface area (Å²) in [5.41, 5.74) is -0.428. The second-order valence-electron chi connectivity index (χ2n) is 8.73. The second-order valence-corrected chi connectivity index (χ2v) is 8.73. The first kappa shape index (κ1) is 20.8. The Kier molecular flexibility index (Phi) is 4.86. The molecule has 2 N–H and O–H groups in total. The monoisotopic (exact) mass is 448 g/mol. The third kappa shape index (κ3) is 3.69. The van der Waals surface area contributed by atoms with E-state index in [4.69, 9.17) is 4.52 Å². The number of nitrogens with one attached hydrogen (secondary N) is 2. The lowest BCUT2D eigenvalue weighted by molar-refractivity contribution is -0.136. The summed E-state index contributed by atoms with van der Waals surface area (Å²) in [6.07, 6.45) is -1.41. The number of halogens is 3. The molecule has 170 valence electrons. The number of alkyl halides is 3. The van der Waals surface area contributed by atoms with E-state index in [-0.39, 0.29) is 40.2 Å². The van der Waals surface area contributed by atoms with Crippen LogP contribution in [0.5, 0.6) is 0 Å². The van der Waals surface area contributed by atoms with Crippen LogP contribution in [0.25, 0.3) is 11.0 Å². The highest BCUT2D eigenvalue weighted by atomic mass is 19.4. The van der Waals surface area contributed by atoms with Crippen LogP contribution < -0.4 is 5.32 Å². The molecule has 2 aliphatic rings. The lowest BCUT2D eigenvalue weighted by Crippen LogP contribution is -2.31. The molecule has 8 nitrogen and oxygen atoms in total. The smallest absolute Gasteiger partial charge is 0.366 e. The molecule has 11 heteroatoms. The summed E-state index contributed by atoms with van der Waals surface area (Å²) >= 11 is 0. The average Bonchev–Trinajstić information content (AvgIpc) is 3.15. The number of fused-ring (bicyclic) bond motifs is 1. The predicted octanol–water partition coefficient (Wildman–Crippen LogP) is 4.64. The van der Waals surface area contributed by atoms with Gasteiger partial charge >= 0.3 is 6.18 Å². The number of hydrogen-bond acceptors (Lipinski definition) is 6. The van der Waals surface area contributed by atoms with E-state index in [1.54, 1.807) is 6.07 Å². The van der Waals surface area contributed by atoms with Gasteiger partial charge in [-0.3, -0.25) is 9.89 Å². The Morgan fingerprint density at radius 1 is 1.28 bits per heavy atom. The zero-order valence-electron chi connectivity index (χ0n) is 17.7. The standard InChI is InChI=1S/C21H23F3N6O2/c1-10(2)25-18-17-12(21(22,23)24)8-13(26-19(17)28-27-18)15-4-3-7-30(15)20(31)14-9-16(32-29-14)11-5-6-11/h8-11,15H,3-7H2,1-2H3,(H2,25,26,27,28)/t15-/m0/s1. The maximum Gasteiger partial charge on any atom is 0.417 e. The maximum absolute atomic E-state index is 14.0. The molecule has 1 saturated carbocycles. The van der Waals surface area contributed by atoms with E-state index in [0.717, 1.165) is 18.9 Å². The number of nitrogens with zero attached hydrogens (tertiary/aromatic N) is 4. The third-order valence-electron chi connectivity index (χ3n) is 5.86. The molecule has 1 atom stereocenters. The molecule has 1 saturated heterocycles. The highest BCUT2D eigenvalue weighted by Gasteiger charge is 2.39. The van der Waals surface area contributed by atoms with E-state index < -0.39 is 17.8 Å². The number of H-pyrrole nitrogens is 1. The van der Waals surface area contributed by atoms with Gasteiger partial charge in [0.25, 0.3) is 5.91 Å². The summed E-state index contributed by atoms with van der Waals surface area (Å²) in [5.74, 6) is 0.748. The minimum absolute atomic E-state index is 0.0368. The lowest BCUT2D eigenvalue weighted by Gasteiger charge is -2.24. The molecule has 0 radical (unpaired) electrons. The molecule has 3 aromatic heterocycles. The van der Waals surface area contributed by atoms with E-state index in [2.05, 4.69) is 25.7 Å². The van der Waals surface area contributed by atoms with Crippen molar-refractivity contribution in [2.75, 3.05) is 11.9 Å². The molecule has 1 amide bonds. The fourth-order valence-corrected chi connectivity index (χ4v) is 4.24. The van der Waals surface area contributed by atoms with Crippen LogP contribution in [0.1, 0.15) is 79.0 Å². The third-order valence-corrected chi connectivity index (χ3v) is 5.86. The van der Waals surface area contributed by atoms with Gasteiger partial charge in [-0.15, -0.1) is 0 Å². The Labute approximate surface area is 181 Å². The molecule has 3 aromatic rings. The number of amides is 1. The summed E-state index contributed by atoms with van der Waals surface area (Å²) in [6.45, 7) is 4.05. The Bertz CT molecular complexity index is 1160. The number of aromatic amines is 1. The molecule has 1 aliphatic heterocycles. The summed E-state index contributed by atoms with van der Waals surface area (Å²) < 4.78 is 47.2. The van der Waals surface area contributed by atoms with E-state index in [1.165, 1.54) is 4.90 Å². The molecule has 4 heterocycles. The molecule has 0 unspecified atom stereocenters. The van der Waals surface area contributed by atoms with Crippen molar-refractivity contribution in [2.45, 2.75) is 63.7 Å². The predicted molar refractivity (Wildman–Crippen MR) is 109 cm³/mol. The molecule has 1 aliphatic carbocycles. The van der Waals surface area contributed by atoms with Gasteiger partial charge in [-0.2, -0.15) is 18.3 Å². The minimum atomic E-state index is -4.61. The van der Waals surface area contributed by atoms with Crippen molar-refractivity contribution in [1.82, 2.24) is 25.2 Å². The van der Waals surface area contributed by atoms with Gasteiger partial charge in [-0.1, -0.05) is 5.16 Å². The van der Waals surface area contributed by atoms with Crippen LogP contribution in [-0.4, -0.2) is 43.7 Å². The zero-order valence-corrected chi connectivity index (χ0v) is 17.7. The van der Waals surface area contributed by atoms with Crippen LogP contribution in [0.2, 0.25) is 0 Å². The van der Waals surface area contributed by atoms with Gasteiger partial charge in [0.2, 0.25) is 0 Å². The molecule has 0 bridgehead atoms. The second kappa shape index (κ2) is 7.49. The summed E-state index contributed by atoms with van der Waals surface area (Å²) in [4.78, 5) is 19.0. The van der Waals surface area contributed by atoms with Crippen LogP contribution in [0, 0.1) is 0 Å². The normalized spacial score (nSPS) is 19.3. The lowest BCUT2D eigenvalue weighted by atomic mass is 10.0. The molecule has 5 rings (SSSR count). The molecule has 0 spiro atoms. The minimum Gasteiger partial charge on any atom is -0.366 e. The maximum atomic E-state index is 14.0. The number of anilines is 1. The first-order chi connectivity index (χ1) is 15.2. The van der Waals surface area contributed by atoms with Crippen LogP contribution in [-0.2, 0) is 6.18 Å². The van der Waals surface area contributed by atoms with Crippen molar-refractivity contribution in [3.8, 4) is 0 Å². The topological polar surface area (TPSA) is 99.9 Å². The van der Waals surface area contributed by atoms with E-state index in [0.29, 0.717) is 31.1 Å². The van der Waals surface area contributed by atoms with Gasteiger partial charge < -0.3 is 14.7 Å². The number of carbonyl (C=O) groups is 1. The van der Waals surface area contributed by atoms with E-state index in [1.807, 2.05) is 13.8 Å². The molecule has 0 aromatic carbocycles. The average molecular weight is 448 g/mol. The van der Waals surface area contributed by atoms with Crippen molar-refractivity contribution in [3.05, 3.63) is 34.8 Å². The number of hydrogen-bond donors (Lipinski definition) is 2. The molecular weight excluding hydrogens is 425 g/mol. The number of likely N-dealkylation sites (tertiary alicyclic amines) is 1. The molecular formula is C21H23F3N6O2. The van der Waals surface area contributed by atoms with Crippen molar-refractivity contribution in [3.63, 3.8) is 0 Å². The van der Waals surface area contributed by atoms with Crippen molar-refractivity contribution < 1.29 is 22.5 Å². The number of pyridine rings is 1. The van der Waals surface area contributed by atoms with Crippen molar-refractivity contribution >= 4 is 22.8 Å². The van der Waals surface area contributed by atoms with Gasteiger partial charge in [0.1, 0.15) is 5.76 Å². The summed E-state index contributed by atoms with van der Waals surface area (Å²) in [6, 6.07) is 2.00. The highest BCUT2D eigenvalue weighted by molar-refractivity contribution is 5.93. The SMILES string of the molecule is CC(C)Nc1n[nH]c2nc([C@@H]3CCCN3C(=O)c3cc(C4CC4)on3)cc(C(F)(F)F)c12. The molecule has 32 heavy (non-hydrogen) atoms.